The summed E-state index contributed by atoms with van der Waals surface area (Å²) in [6.45, 7) is 3.98. The lowest BCUT2D eigenvalue weighted by molar-refractivity contribution is -0.682. The molecular weight excluding hydrogens is 254 g/mol. The van der Waals surface area contributed by atoms with E-state index < -0.39 is 4.92 Å². The van der Waals surface area contributed by atoms with Crippen molar-refractivity contribution in [2.45, 2.75) is 13.8 Å². The highest BCUT2D eigenvalue weighted by molar-refractivity contribution is 5.66. The Bertz CT molecular complexity index is 676. The molecule has 0 aliphatic heterocycles. The predicted molar refractivity (Wildman–Crippen MR) is 76.9 cm³/mol. The monoisotopic (exact) mass is 270 g/mol. The van der Waals surface area contributed by atoms with E-state index in [4.69, 9.17) is 0 Å². The van der Waals surface area contributed by atoms with E-state index in [-0.39, 0.29) is 5.69 Å². The number of aromatic nitrogens is 2. The molecule has 5 nitrogen and oxygen atoms in total. The maximum atomic E-state index is 10.6. The lowest BCUT2D eigenvalue weighted by atomic mass is 10.2. The number of rotatable bonds is 3. The second-order valence-corrected chi connectivity index (χ2v) is 4.64. The van der Waals surface area contributed by atoms with E-state index in [1.54, 1.807) is 12.1 Å². The fraction of sp³-hybridized carbons (Fsp3) is 0.200. The summed E-state index contributed by atoms with van der Waals surface area (Å²) in [6.07, 6.45) is 3.80. The second-order valence-electron chi connectivity index (χ2n) is 4.64. The number of nitro benzene ring substituents is 1. The summed E-state index contributed by atoms with van der Waals surface area (Å²) in [4.78, 5) is 14.6. The Labute approximate surface area is 117 Å². The lowest BCUT2D eigenvalue weighted by Gasteiger charge is -1.99. The van der Waals surface area contributed by atoms with E-state index in [2.05, 4.69) is 4.98 Å². The summed E-state index contributed by atoms with van der Waals surface area (Å²) in [5.41, 5.74) is 3.08. The Balaban J connectivity index is 2.27. The van der Waals surface area contributed by atoms with Crippen LogP contribution in [0.1, 0.15) is 22.8 Å². The second kappa shape index (κ2) is 5.61. The van der Waals surface area contributed by atoms with Gasteiger partial charge in [0.15, 0.2) is 5.69 Å². The van der Waals surface area contributed by atoms with Gasteiger partial charge in [0.05, 0.1) is 12.0 Å². The molecule has 20 heavy (non-hydrogen) atoms. The molecule has 0 radical (unpaired) electrons. The average molecular weight is 270 g/mol. The van der Waals surface area contributed by atoms with Crippen molar-refractivity contribution in [1.82, 2.24) is 4.98 Å². The van der Waals surface area contributed by atoms with Crippen LogP contribution in [-0.2, 0) is 7.05 Å². The molecule has 0 amide bonds. The Morgan fingerprint density at radius 2 is 1.85 bits per heavy atom. The highest BCUT2D eigenvalue weighted by atomic mass is 16.6. The van der Waals surface area contributed by atoms with Crippen LogP contribution in [0.3, 0.4) is 0 Å². The Morgan fingerprint density at radius 3 is 2.45 bits per heavy atom. The number of hydrogen-bond acceptors (Lipinski definition) is 3. The van der Waals surface area contributed by atoms with Gasteiger partial charge in [0.25, 0.3) is 5.69 Å². The molecule has 0 atom stereocenters. The van der Waals surface area contributed by atoms with Crippen LogP contribution in [0.4, 0.5) is 5.69 Å². The third-order valence-corrected chi connectivity index (χ3v) is 3.11. The number of nitrogens with zero attached hydrogens (tertiary/aromatic N) is 3. The summed E-state index contributed by atoms with van der Waals surface area (Å²) < 4.78 is 1.99. The maximum Gasteiger partial charge on any atom is 0.323 e. The van der Waals surface area contributed by atoms with Crippen LogP contribution in [0.25, 0.3) is 12.2 Å². The fourth-order valence-electron chi connectivity index (χ4n) is 1.89. The van der Waals surface area contributed by atoms with E-state index in [1.165, 1.54) is 12.1 Å². The fourth-order valence-corrected chi connectivity index (χ4v) is 1.89. The number of aryl methyl sites for hydroxylation is 2. The van der Waals surface area contributed by atoms with Crippen LogP contribution in [0.2, 0.25) is 0 Å². The molecule has 0 aliphatic carbocycles. The highest BCUT2D eigenvalue weighted by Crippen LogP contribution is 2.13. The van der Waals surface area contributed by atoms with Gasteiger partial charge in [-0.3, -0.25) is 10.1 Å². The molecule has 0 saturated carbocycles. The van der Waals surface area contributed by atoms with Crippen LogP contribution in [-0.4, -0.2) is 9.91 Å². The van der Waals surface area contributed by atoms with Crippen LogP contribution in [0.15, 0.2) is 30.3 Å². The quantitative estimate of drug-likeness (QED) is 0.489. The molecule has 0 fully saturated rings. The SMILES string of the molecule is Cc1cc(C)[n+](C)c(/C=C\c2ccc([N+](=O)[O-])cc2)n1. The molecule has 1 aromatic heterocycles. The Hall–Kier alpha value is -2.56. The van der Waals surface area contributed by atoms with Crippen LogP contribution < -0.4 is 4.57 Å². The minimum absolute atomic E-state index is 0.0947. The van der Waals surface area contributed by atoms with Gasteiger partial charge >= 0.3 is 5.82 Å². The smallest absolute Gasteiger partial charge is 0.258 e. The van der Waals surface area contributed by atoms with Crippen molar-refractivity contribution in [3.8, 4) is 0 Å². The molecular formula is C15H16N3O2+. The van der Waals surface area contributed by atoms with E-state index in [0.717, 1.165) is 22.8 Å². The minimum atomic E-state index is -0.404. The predicted octanol–water partition coefficient (Wildman–Crippen LogP) is 2.60. The number of hydrogen-bond donors (Lipinski definition) is 0. The Morgan fingerprint density at radius 1 is 1.20 bits per heavy atom. The van der Waals surface area contributed by atoms with Gasteiger partial charge in [-0.25, -0.2) is 4.57 Å². The first-order valence-corrected chi connectivity index (χ1v) is 6.24. The van der Waals surface area contributed by atoms with Crippen molar-refractivity contribution in [3.63, 3.8) is 0 Å². The van der Waals surface area contributed by atoms with Gasteiger partial charge < -0.3 is 0 Å². The maximum absolute atomic E-state index is 10.6. The lowest BCUT2D eigenvalue weighted by Crippen LogP contribution is -2.36. The normalized spacial score (nSPS) is 10.9. The molecule has 0 saturated heterocycles. The largest absolute Gasteiger partial charge is 0.323 e. The molecule has 1 heterocycles. The van der Waals surface area contributed by atoms with Crippen LogP contribution >= 0.6 is 0 Å². The molecule has 0 spiro atoms. The molecule has 2 rings (SSSR count). The number of non-ortho nitro benzene ring substituents is 1. The van der Waals surface area contributed by atoms with Crippen LogP contribution in [0.5, 0.6) is 0 Å². The van der Waals surface area contributed by atoms with E-state index in [1.807, 2.05) is 43.7 Å². The topological polar surface area (TPSA) is 59.9 Å². The van der Waals surface area contributed by atoms with E-state index >= 15 is 0 Å². The minimum Gasteiger partial charge on any atom is -0.258 e. The van der Waals surface area contributed by atoms with Gasteiger partial charge in [0.1, 0.15) is 5.69 Å². The zero-order valence-electron chi connectivity index (χ0n) is 11.7. The standard InChI is InChI=1S/C15H16N3O2/c1-11-10-12(2)17(3)15(16-11)9-6-13-4-7-14(8-5-13)18(19)20/h4-10H,1-3H3/q+1/b9-6-. The van der Waals surface area contributed by atoms with E-state index in [9.17, 15) is 10.1 Å². The van der Waals surface area contributed by atoms with Crippen molar-refractivity contribution in [1.29, 1.82) is 0 Å². The van der Waals surface area contributed by atoms with Gasteiger partial charge in [-0.15, -0.1) is 0 Å². The summed E-state index contributed by atoms with van der Waals surface area (Å²) in [5, 5.41) is 10.6. The summed E-state index contributed by atoms with van der Waals surface area (Å²) >= 11 is 0. The van der Waals surface area contributed by atoms with Crippen molar-refractivity contribution >= 4 is 17.8 Å². The highest BCUT2D eigenvalue weighted by Gasteiger charge is 2.10. The first kappa shape index (κ1) is 13.9. The van der Waals surface area contributed by atoms with Gasteiger partial charge in [-0.1, -0.05) is 0 Å². The van der Waals surface area contributed by atoms with Gasteiger partial charge in [0, 0.05) is 31.2 Å². The molecule has 0 N–H and O–H groups in total. The molecule has 102 valence electrons. The first-order valence-electron chi connectivity index (χ1n) is 6.24. The molecule has 2 aromatic rings. The van der Waals surface area contributed by atoms with Gasteiger partial charge in [-0.05, 0) is 35.7 Å². The number of nitro groups is 1. The van der Waals surface area contributed by atoms with Crippen molar-refractivity contribution in [3.05, 3.63) is 63.2 Å². The third-order valence-electron chi connectivity index (χ3n) is 3.11. The average Bonchev–Trinajstić information content (AvgIpc) is 2.41. The van der Waals surface area contributed by atoms with Crippen molar-refractivity contribution in [2.24, 2.45) is 7.05 Å². The summed E-state index contributed by atoms with van der Waals surface area (Å²) in [7, 11) is 1.96. The molecule has 1 aromatic carbocycles. The first-order chi connectivity index (χ1) is 9.47. The zero-order valence-corrected chi connectivity index (χ0v) is 11.7. The molecule has 5 heteroatoms. The molecule has 0 bridgehead atoms. The third kappa shape index (κ3) is 3.06. The van der Waals surface area contributed by atoms with E-state index in [0.29, 0.717) is 0 Å². The number of benzene rings is 1. The Kier molecular flexibility index (Phi) is 3.89. The molecule has 0 aliphatic rings. The van der Waals surface area contributed by atoms with Crippen LogP contribution in [0, 0.1) is 24.0 Å². The summed E-state index contributed by atoms with van der Waals surface area (Å²) in [6, 6.07) is 8.45. The van der Waals surface area contributed by atoms with Crippen molar-refractivity contribution < 1.29 is 9.49 Å². The molecule has 0 unspecified atom stereocenters. The zero-order chi connectivity index (χ0) is 14.7. The van der Waals surface area contributed by atoms with Gasteiger partial charge in [0.2, 0.25) is 0 Å². The van der Waals surface area contributed by atoms with Gasteiger partial charge in [-0.2, -0.15) is 0 Å². The van der Waals surface area contributed by atoms with Crippen molar-refractivity contribution in [2.75, 3.05) is 0 Å². The summed E-state index contributed by atoms with van der Waals surface area (Å²) in [5.74, 6) is 0.848.